The van der Waals surface area contributed by atoms with Gasteiger partial charge in [-0.1, -0.05) is 256 Å². The zero-order valence-electron chi connectivity index (χ0n) is 37.9. The predicted molar refractivity (Wildman–Crippen MR) is 248 cm³/mol. The molecule has 0 radical (unpaired) electrons. The van der Waals surface area contributed by atoms with E-state index >= 15 is 0 Å². The minimum Gasteiger partial charge on any atom is -0.394 e. The lowest BCUT2D eigenvalue weighted by Gasteiger charge is -2.20. The van der Waals surface area contributed by atoms with Gasteiger partial charge in [0.15, 0.2) is 0 Å². The van der Waals surface area contributed by atoms with E-state index in [9.17, 15) is 15.0 Å². The molecule has 0 saturated carbocycles. The Morgan fingerprint density at radius 2 is 0.750 bits per heavy atom. The molecule has 0 aliphatic carbocycles. The fourth-order valence-corrected chi connectivity index (χ4v) is 7.73. The van der Waals surface area contributed by atoms with E-state index in [0.29, 0.717) is 6.42 Å². The molecule has 0 aliphatic rings. The van der Waals surface area contributed by atoms with E-state index in [2.05, 4.69) is 43.5 Å². The van der Waals surface area contributed by atoms with Crippen molar-refractivity contribution in [3.05, 3.63) is 36.5 Å². The van der Waals surface area contributed by atoms with Crippen LogP contribution in [0.25, 0.3) is 0 Å². The average Bonchev–Trinajstić information content (AvgIpc) is 3.20. The van der Waals surface area contributed by atoms with Crippen molar-refractivity contribution in [1.82, 2.24) is 5.32 Å². The maximum absolute atomic E-state index is 12.4. The van der Waals surface area contributed by atoms with Crippen LogP contribution in [0.5, 0.6) is 0 Å². The molecule has 0 aromatic carbocycles. The topological polar surface area (TPSA) is 69.6 Å². The highest BCUT2D eigenvalue weighted by atomic mass is 16.3. The molecule has 2 unspecified atom stereocenters. The maximum Gasteiger partial charge on any atom is 0.220 e. The molecule has 0 rings (SSSR count). The van der Waals surface area contributed by atoms with Crippen LogP contribution in [0.2, 0.25) is 0 Å². The van der Waals surface area contributed by atoms with Crippen molar-refractivity contribution >= 4 is 5.91 Å². The Kier molecular flexibility index (Phi) is 46.8. The first kappa shape index (κ1) is 54.6. The number of rotatable bonds is 46. The van der Waals surface area contributed by atoms with Crippen LogP contribution in [0.4, 0.5) is 0 Å². The molecule has 0 bridgehead atoms. The Morgan fingerprint density at radius 3 is 1.12 bits per heavy atom. The first-order chi connectivity index (χ1) is 27.7. The van der Waals surface area contributed by atoms with Crippen LogP contribution in [-0.2, 0) is 4.79 Å². The van der Waals surface area contributed by atoms with Gasteiger partial charge < -0.3 is 15.5 Å². The number of allylic oxidation sites excluding steroid dienone is 5. The number of hydrogen-bond acceptors (Lipinski definition) is 3. The number of nitrogens with one attached hydrogen (secondary N) is 1. The van der Waals surface area contributed by atoms with E-state index in [-0.39, 0.29) is 12.5 Å². The first-order valence-corrected chi connectivity index (χ1v) is 25.2. The van der Waals surface area contributed by atoms with Crippen LogP contribution in [0.15, 0.2) is 36.5 Å². The summed E-state index contributed by atoms with van der Waals surface area (Å²) in [6.07, 6.45) is 64.3. The standard InChI is InChI=1S/C52H99NO3/c1-3-5-7-9-11-13-15-17-19-20-21-22-23-24-25-26-27-28-29-30-31-32-33-34-35-37-39-41-43-45-47-51(55)50(49-54)53-52(56)48-46-44-42-40-38-36-18-16-14-12-10-8-6-4-2/h10,12,16,18,45,47,50-51,54-55H,3-9,11,13-15,17,19-44,46,48-49H2,1-2H3,(H,53,56)/b12-10-,18-16-,47-45+. The van der Waals surface area contributed by atoms with Crippen molar-refractivity contribution < 1.29 is 15.0 Å². The van der Waals surface area contributed by atoms with Crippen LogP contribution >= 0.6 is 0 Å². The van der Waals surface area contributed by atoms with Crippen LogP contribution in [0.3, 0.4) is 0 Å². The molecule has 2 atom stereocenters. The summed E-state index contributed by atoms with van der Waals surface area (Å²) in [5.41, 5.74) is 0. The molecule has 330 valence electrons. The minimum absolute atomic E-state index is 0.0767. The van der Waals surface area contributed by atoms with E-state index in [1.807, 2.05) is 6.08 Å². The van der Waals surface area contributed by atoms with E-state index in [1.165, 1.54) is 205 Å². The Morgan fingerprint density at radius 1 is 0.429 bits per heavy atom. The van der Waals surface area contributed by atoms with E-state index < -0.39 is 12.1 Å². The highest BCUT2D eigenvalue weighted by molar-refractivity contribution is 5.76. The van der Waals surface area contributed by atoms with Gasteiger partial charge in [0.25, 0.3) is 0 Å². The zero-order chi connectivity index (χ0) is 40.7. The summed E-state index contributed by atoms with van der Waals surface area (Å²) in [4.78, 5) is 12.4. The summed E-state index contributed by atoms with van der Waals surface area (Å²) in [5.74, 6) is -0.0767. The Hall–Kier alpha value is -1.39. The minimum atomic E-state index is -0.845. The first-order valence-electron chi connectivity index (χ1n) is 25.2. The molecular formula is C52H99NO3. The van der Waals surface area contributed by atoms with Crippen molar-refractivity contribution in [1.29, 1.82) is 0 Å². The van der Waals surface area contributed by atoms with Crippen molar-refractivity contribution in [3.8, 4) is 0 Å². The van der Waals surface area contributed by atoms with Gasteiger partial charge in [-0.25, -0.2) is 0 Å². The van der Waals surface area contributed by atoms with Crippen LogP contribution < -0.4 is 5.32 Å². The number of carbonyl (C=O) groups is 1. The maximum atomic E-state index is 12.4. The second-order valence-electron chi connectivity index (χ2n) is 17.2. The molecule has 3 N–H and O–H groups in total. The molecule has 0 fully saturated rings. The summed E-state index contributed by atoms with van der Waals surface area (Å²) in [6.45, 7) is 4.28. The van der Waals surface area contributed by atoms with Crippen molar-refractivity contribution in [2.24, 2.45) is 0 Å². The van der Waals surface area contributed by atoms with Crippen molar-refractivity contribution in [3.63, 3.8) is 0 Å². The van der Waals surface area contributed by atoms with Gasteiger partial charge in [0.2, 0.25) is 5.91 Å². The number of aliphatic hydroxyl groups excluding tert-OH is 2. The lowest BCUT2D eigenvalue weighted by molar-refractivity contribution is -0.123. The zero-order valence-corrected chi connectivity index (χ0v) is 37.9. The smallest absolute Gasteiger partial charge is 0.220 e. The third-order valence-corrected chi connectivity index (χ3v) is 11.6. The Bertz CT molecular complexity index is 851. The number of hydrogen-bond donors (Lipinski definition) is 3. The lowest BCUT2D eigenvalue weighted by Crippen LogP contribution is -2.45. The van der Waals surface area contributed by atoms with Gasteiger partial charge in [-0.05, 0) is 44.9 Å². The number of unbranched alkanes of at least 4 members (excludes halogenated alkanes) is 35. The fraction of sp³-hybridized carbons (Fsp3) is 0.865. The average molecular weight is 786 g/mol. The normalized spacial score (nSPS) is 13.1. The van der Waals surface area contributed by atoms with Gasteiger partial charge >= 0.3 is 0 Å². The van der Waals surface area contributed by atoms with Gasteiger partial charge in [0.1, 0.15) is 0 Å². The molecule has 0 heterocycles. The van der Waals surface area contributed by atoms with Crippen LogP contribution in [0.1, 0.15) is 271 Å². The van der Waals surface area contributed by atoms with Gasteiger partial charge in [0, 0.05) is 6.42 Å². The number of amides is 1. The summed E-state index contributed by atoms with van der Waals surface area (Å²) >= 11 is 0. The van der Waals surface area contributed by atoms with Crippen LogP contribution in [0, 0.1) is 0 Å². The summed E-state index contributed by atoms with van der Waals surface area (Å²) in [5, 5.41) is 23.1. The predicted octanol–water partition coefficient (Wildman–Crippen LogP) is 16.1. The van der Waals surface area contributed by atoms with E-state index in [4.69, 9.17) is 0 Å². The van der Waals surface area contributed by atoms with Gasteiger partial charge in [-0.3, -0.25) is 4.79 Å². The highest BCUT2D eigenvalue weighted by Crippen LogP contribution is 2.17. The highest BCUT2D eigenvalue weighted by Gasteiger charge is 2.18. The SMILES string of the molecule is CCCC/C=C\C/C=C\CCCCCCCC(=O)NC(CO)C(O)/C=C/CCCCCCCCCCCCCCCCCCCCCCCCCCCCCC. The molecule has 4 heteroatoms. The number of carbonyl (C=O) groups excluding carboxylic acids is 1. The Labute approximate surface area is 351 Å². The summed E-state index contributed by atoms with van der Waals surface area (Å²) in [7, 11) is 0. The molecule has 0 aromatic heterocycles. The quantitative estimate of drug-likeness (QED) is 0.0425. The summed E-state index contributed by atoms with van der Waals surface area (Å²) in [6, 6.07) is -0.629. The molecular weight excluding hydrogens is 687 g/mol. The monoisotopic (exact) mass is 786 g/mol. The molecule has 56 heavy (non-hydrogen) atoms. The molecule has 4 nitrogen and oxygen atoms in total. The Balaban J connectivity index is 3.46. The third kappa shape index (κ3) is 43.7. The van der Waals surface area contributed by atoms with E-state index in [0.717, 1.165) is 44.9 Å². The number of aliphatic hydroxyl groups is 2. The van der Waals surface area contributed by atoms with Gasteiger partial charge in [0.05, 0.1) is 18.8 Å². The van der Waals surface area contributed by atoms with Crippen LogP contribution in [-0.4, -0.2) is 34.9 Å². The molecule has 0 saturated heterocycles. The fourth-order valence-electron chi connectivity index (χ4n) is 7.73. The molecule has 0 aliphatic heterocycles. The molecule has 0 aromatic rings. The third-order valence-electron chi connectivity index (χ3n) is 11.6. The molecule has 1 amide bonds. The van der Waals surface area contributed by atoms with Gasteiger partial charge in [-0.2, -0.15) is 0 Å². The lowest BCUT2D eigenvalue weighted by atomic mass is 10.0. The molecule has 0 spiro atoms. The second kappa shape index (κ2) is 48.0. The second-order valence-corrected chi connectivity index (χ2v) is 17.2. The summed E-state index contributed by atoms with van der Waals surface area (Å²) < 4.78 is 0. The van der Waals surface area contributed by atoms with Crippen molar-refractivity contribution in [2.75, 3.05) is 6.61 Å². The van der Waals surface area contributed by atoms with Gasteiger partial charge in [-0.15, -0.1) is 0 Å². The van der Waals surface area contributed by atoms with E-state index in [1.54, 1.807) is 6.08 Å². The van der Waals surface area contributed by atoms with Crippen molar-refractivity contribution in [2.45, 2.75) is 283 Å². The largest absolute Gasteiger partial charge is 0.394 e.